The summed E-state index contributed by atoms with van der Waals surface area (Å²) >= 11 is 0. The summed E-state index contributed by atoms with van der Waals surface area (Å²) < 4.78 is 34.4. The predicted octanol–water partition coefficient (Wildman–Crippen LogP) is 2.03. The molecule has 0 saturated heterocycles. The number of phenolic OH excluding ortho intramolecular Hbond substituents is 1. The van der Waals surface area contributed by atoms with Crippen molar-refractivity contribution in [3.05, 3.63) is 47.5 Å². The number of nitrogens with zero attached hydrogens (tertiary/aromatic N) is 1. The van der Waals surface area contributed by atoms with Crippen molar-refractivity contribution >= 4 is 16.2 Å². The van der Waals surface area contributed by atoms with Crippen LogP contribution in [0.1, 0.15) is 11.1 Å². The summed E-state index contributed by atoms with van der Waals surface area (Å²) in [5.41, 5.74) is 1.18. The summed E-state index contributed by atoms with van der Waals surface area (Å²) in [6.07, 6.45) is 1.17. The van der Waals surface area contributed by atoms with E-state index in [-0.39, 0.29) is 16.2 Å². The van der Waals surface area contributed by atoms with Crippen LogP contribution < -0.4 is 14.3 Å². The number of phenols is 1. The zero-order valence-electron chi connectivity index (χ0n) is 13.5. The SMILES string of the molecule is COc1cc(O)c(C=NNS(=O)(=O)c2ccc(C)cc2)c(OC)c1. The quantitative estimate of drug-likeness (QED) is 0.614. The van der Waals surface area contributed by atoms with Gasteiger partial charge >= 0.3 is 0 Å². The molecule has 0 aliphatic carbocycles. The van der Waals surface area contributed by atoms with Crippen molar-refractivity contribution in [1.82, 2.24) is 4.83 Å². The van der Waals surface area contributed by atoms with Crippen LogP contribution in [0, 0.1) is 6.92 Å². The molecule has 0 aliphatic rings. The first-order valence-corrected chi connectivity index (χ1v) is 8.42. The summed E-state index contributed by atoms with van der Waals surface area (Å²) in [4.78, 5) is 2.19. The molecule has 0 aromatic heterocycles. The number of ether oxygens (including phenoxy) is 2. The fourth-order valence-corrected chi connectivity index (χ4v) is 2.73. The molecule has 24 heavy (non-hydrogen) atoms. The van der Waals surface area contributed by atoms with E-state index in [4.69, 9.17) is 9.47 Å². The molecular weight excluding hydrogens is 332 g/mol. The first-order valence-electron chi connectivity index (χ1n) is 6.94. The van der Waals surface area contributed by atoms with Gasteiger partial charge in [-0.25, -0.2) is 4.83 Å². The van der Waals surface area contributed by atoms with E-state index >= 15 is 0 Å². The van der Waals surface area contributed by atoms with Crippen molar-refractivity contribution in [2.45, 2.75) is 11.8 Å². The Hall–Kier alpha value is -2.74. The monoisotopic (exact) mass is 350 g/mol. The molecule has 0 amide bonds. The molecule has 0 bridgehead atoms. The second-order valence-electron chi connectivity index (χ2n) is 4.93. The summed E-state index contributed by atoms with van der Waals surface area (Å²) in [7, 11) is -0.913. The highest BCUT2D eigenvalue weighted by molar-refractivity contribution is 7.89. The van der Waals surface area contributed by atoms with Crippen molar-refractivity contribution in [3.63, 3.8) is 0 Å². The van der Waals surface area contributed by atoms with Crippen LogP contribution in [0.4, 0.5) is 0 Å². The number of rotatable bonds is 6. The molecule has 8 heteroatoms. The van der Waals surface area contributed by atoms with E-state index in [1.54, 1.807) is 18.2 Å². The Bertz CT molecular complexity index is 846. The van der Waals surface area contributed by atoms with E-state index in [2.05, 4.69) is 9.93 Å². The second kappa shape index (κ2) is 7.22. The van der Waals surface area contributed by atoms with Gasteiger partial charge in [0.15, 0.2) is 0 Å². The number of aryl methyl sites for hydroxylation is 1. The smallest absolute Gasteiger partial charge is 0.276 e. The molecule has 0 spiro atoms. The van der Waals surface area contributed by atoms with Crippen LogP contribution in [-0.4, -0.2) is 34.0 Å². The van der Waals surface area contributed by atoms with Crippen molar-refractivity contribution in [2.75, 3.05) is 14.2 Å². The average molecular weight is 350 g/mol. The number of sulfonamides is 1. The Labute approximate surface area is 140 Å². The first-order chi connectivity index (χ1) is 11.4. The molecule has 0 saturated carbocycles. The van der Waals surface area contributed by atoms with Gasteiger partial charge in [-0.3, -0.25) is 0 Å². The highest BCUT2D eigenvalue weighted by atomic mass is 32.2. The fraction of sp³-hybridized carbons (Fsp3) is 0.188. The minimum absolute atomic E-state index is 0.0937. The number of hydrazone groups is 1. The van der Waals surface area contributed by atoms with Gasteiger partial charge in [0.2, 0.25) is 0 Å². The van der Waals surface area contributed by atoms with Gasteiger partial charge in [0.05, 0.1) is 30.9 Å². The first kappa shape index (κ1) is 17.6. The number of aromatic hydroxyl groups is 1. The van der Waals surface area contributed by atoms with Crippen molar-refractivity contribution in [3.8, 4) is 17.2 Å². The van der Waals surface area contributed by atoms with Gasteiger partial charge in [0.1, 0.15) is 17.2 Å². The van der Waals surface area contributed by atoms with E-state index in [0.717, 1.165) is 5.56 Å². The number of methoxy groups -OCH3 is 2. The van der Waals surface area contributed by atoms with Crippen LogP contribution >= 0.6 is 0 Å². The van der Waals surface area contributed by atoms with Crippen LogP contribution in [0.3, 0.4) is 0 Å². The Balaban J connectivity index is 2.24. The molecule has 0 radical (unpaired) electrons. The summed E-state index contributed by atoms with van der Waals surface area (Å²) in [5, 5.41) is 13.7. The van der Waals surface area contributed by atoms with Gasteiger partial charge in [-0.05, 0) is 19.1 Å². The van der Waals surface area contributed by atoms with Crippen molar-refractivity contribution in [2.24, 2.45) is 5.10 Å². The summed E-state index contributed by atoms with van der Waals surface area (Å²) in [5.74, 6) is 0.552. The Morgan fingerprint density at radius 2 is 1.79 bits per heavy atom. The molecule has 128 valence electrons. The molecule has 0 fully saturated rings. The van der Waals surface area contributed by atoms with Gasteiger partial charge in [0.25, 0.3) is 10.0 Å². The standard InChI is InChI=1S/C16H18N2O5S/c1-11-4-6-13(7-5-11)24(20,21)18-17-10-14-15(19)8-12(22-2)9-16(14)23-3/h4-10,18-19H,1-3H3. The lowest BCUT2D eigenvalue weighted by Crippen LogP contribution is -2.18. The van der Waals surface area contributed by atoms with Gasteiger partial charge in [-0.2, -0.15) is 13.5 Å². The van der Waals surface area contributed by atoms with E-state index in [1.807, 2.05) is 6.92 Å². The summed E-state index contributed by atoms with van der Waals surface area (Å²) in [6.45, 7) is 1.86. The molecule has 0 atom stereocenters. The molecule has 0 unspecified atom stereocenters. The van der Waals surface area contributed by atoms with Crippen LogP contribution in [-0.2, 0) is 10.0 Å². The number of hydrogen-bond acceptors (Lipinski definition) is 6. The molecule has 2 rings (SSSR count). The maximum Gasteiger partial charge on any atom is 0.276 e. The highest BCUT2D eigenvalue weighted by Gasteiger charge is 2.13. The second-order valence-corrected chi connectivity index (χ2v) is 6.59. The van der Waals surface area contributed by atoms with E-state index < -0.39 is 10.0 Å². The zero-order valence-corrected chi connectivity index (χ0v) is 14.3. The Morgan fingerprint density at radius 3 is 2.38 bits per heavy atom. The lowest BCUT2D eigenvalue weighted by molar-refractivity contribution is 0.384. The lowest BCUT2D eigenvalue weighted by Gasteiger charge is -2.09. The maximum atomic E-state index is 12.1. The summed E-state index contributed by atoms with van der Waals surface area (Å²) in [6, 6.07) is 9.28. The third-order valence-electron chi connectivity index (χ3n) is 3.25. The number of hydrogen-bond donors (Lipinski definition) is 2. The van der Waals surface area contributed by atoms with Crippen molar-refractivity contribution < 1.29 is 23.0 Å². The molecule has 2 aromatic carbocycles. The van der Waals surface area contributed by atoms with Gasteiger partial charge < -0.3 is 14.6 Å². The van der Waals surface area contributed by atoms with E-state index in [0.29, 0.717) is 11.5 Å². The highest BCUT2D eigenvalue weighted by Crippen LogP contribution is 2.31. The van der Waals surface area contributed by atoms with E-state index in [1.165, 1.54) is 38.6 Å². The molecular formula is C16H18N2O5S. The van der Waals surface area contributed by atoms with Gasteiger partial charge in [-0.1, -0.05) is 17.7 Å². The minimum Gasteiger partial charge on any atom is -0.507 e. The molecule has 7 nitrogen and oxygen atoms in total. The third kappa shape index (κ3) is 3.96. The number of nitrogens with one attached hydrogen (secondary N) is 1. The van der Waals surface area contributed by atoms with E-state index in [9.17, 15) is 13.5 Å². The van der Waals surface area contributed by atoms with Crippen LogP contribution in [0.5, 0.6) is 17.2 Å². The average Bonchev–Trinajstić information content (AvgIpc) is 2.56. The molecule has 2 aromatic rings. The van der Waals surface area contributed by atoms with Crippen LogP contribution in [0.2, 0.25) is 0 Å². The maximum absolute atomic E-state index is 12.1. The fourth-order valence-electron chi connectivity index (χ4n) is 1.93. The third-order valence-corrected chi connectivity index (χ3v) is 4.49. The van der Waals surface area contributed by atoms with Gasteiger partial charge in [-0.15, -0.1) is 0 Å². The Morgan fingerprint density at radius 1 is 1.12 bits per heavy atom. The molecule has 2 N–H and O–H groups in total. The normalized spacial score (nSPS) is 11.5. The number of benzene rings is 2. The zero-order chi connectivity index (χ0) is 17.7. The lowest BCUT2D eigenvalue weighted by atomic mass is 10.2. The van der Waals surface area contributed by atoms with Crippen LogP contribution in [0.25, 0.3) is 0 Å². The van der Waals surface area contributed by atoms with Gasteiger partial charge in [0, 0.05) is 12.1 Å². The van der Waals surface area contributed by atoms with Crippen LogP contribution in [0.15, 0.2) is 46.4 Å². The Kier molecular flexibility index (Phi) is 5.30. The largest absolute Gasteiger partial charge is 0.507 e. The molecule has 0 heterocycles. The molecule has 0 aliphatic heterocycles. The minimum atomic E-state index is -3.79. The topological polar surface area (TPSA) is 97.2 Å². The predicted molar refractivity (Wildman–Crippen MR) is 90.3 cm³/mol. The van der Waals surface area contributed by atoms with Crippen molar-refractivity contribution in [1.29, 1.82) is 0 Å².